The van der Waals surface area contributed by atoms with Gasteiger partial charge in [-0.25, -0.2) is 0 Å². The van der Waals surface area contributed by atoms with Gasteiger partial charge in [0.05, 0.1) is 0 Å². The maximum absolute atomic E-state index is 10.8. The molecule has 3 atom stereocenters. The Morgan fingerprint density at radius 3 is 2.82 bits per heavy atom. The summed E-state index contributed by atoms with van der Waals surface area (Å²) in [6.07, 6.45) is 6.11. The van der Waals surface area contributed by atoms with Gasteiger partial charge in [-0.3, -0.25) is 0 Å². The van der Waals surface area contributed by atoms with E-state index in [1.54, 1.807) is 0 Å². The van der Waals surface area contributed by atoms with Crippen molar-refractivity contribution >= 4 is 19.4 Å². The van der Waals surface area contributed by atoms with Crippen molar-refractivity contribution in [3.8, 4) is 0 Å². The number of fused-ring (bicyclic) bond motifs is 1. The minimum atomic E-state index is -0.281. The van der Waals surface area contributed by atoms with E-state index in [4.69, 9.17) is 0 Å². The summed E-state index contributed by atoms with van der Waals surface area (Å²) in [5, 5.41) is 12.0. The van der Waals surface area contributed by atoms with E-state index in [1.165, 1.54) is 35.5 Å². The van der Waals surface area contributed by atoms with Crippen molar-refractivity contribution in [1.82, 2.24) is 0 Å². The monoisotopic (exact) mass is 296 g/mol. The number of rotatable bonds is 3. The van der Waals surface area contributed by atoms with Crippen LogP contribution >= 0.6 is 0 Å². The Balaban J connectivity index is 1.63. The Bertz CT molecular complexity index is 378. The van der Waals surface area contributed by atoms with Gasteiger partial charge in [-0.05, 0) is 0 Å². The molecule has 17 heavy (non-hydrogen) atoms. The molecule has 2 heteroatoms. The molecule has 2 fully saturated rings. The predicted molar refractivity (Wildman–Crippen MR) is 71.7 cm³/mol. The molecule has 2 aliphatic rings. The fourth-order valence-corrected chi connectivity index (χ4v) is 6.13. The van der Waals surface area contributed by atoms with Crippen LogP contribution in [0.3, 0.4) is 0 Å². The summed E-state index contributed by atoms with van der Waals surface area (Å²) < 4.78 is 1.48. The van der Waals surface area contributed by atoms with Gasteiger partial charge in [0.2, 0.25) is 0 Å². The molecule has 0 bridgehead atoms. The van der Waals surface area contributed by atoms with Crippen molar-refractivity contribution in [2.24, 2.45) is 11.8 Å². The van der Waals surface area contributed by atoms with Gasteiger partial charge in [0.1, 0.15) is 0 Å². The van der Waals surface area contributed by atoms with E-state index in [2.05, 4.69) is 30.3 Å². The molecule has 0 aromatic heterocycles. The van der Waals surface area contributed by atoms with Crippen molar-refractivity contribution in [1.29, 1.82) is 0 Å². The molecule has 2 aliphatic carbocycles. The molecule has 1 nitrogen and oxygen atoms in total. The van der Waals surface area contributed by atoms with E-state index < -0.39 is 0 Å². The van der Waals surface area contributed by atoms with Crippen LogP contribution in [0.15, 0.2) is 30.3 Å². The van der Waals surface area contributed by atoms with Crippen molar-refractivity contribution in [2.75, 3.05) is 0 Å². The third kappa shape index (κ3) is 2.19. The van der Waals surface area contributed by atoms with Crippen LogP contribution in [0.1, 0.15) is 32.1 Å². The molecule has 1 N–H and O–H groups in total. The standard InChI is InChI=1S/C15H20OSe/c16-15-10-4-5-12(15)8-9-13(15)11-17-14-6-2-1-3-7-14/h1-3,6-7,12-13,16H,4-5,8-11H2/t12?,13-,15+/m0/s1. The van der Waals surface area contributed by atoms with E-state index >= 15 is 0 Å². The summed E-state index contributed by atoms with van der Waals surface area (Å²) >= 11 is 0.541. The Kier molecular flexibility index (Phi) is 3.29. The van der Waals surface area contributed by atoms with E-state index in [0.29, 0.717) is 26.8 Å². The zero-order valence-corrected chi connectivity index (χ0v) is 11.9. The first-order valence-corrected chi connectivity index (χ1v) is 8.76. The molecule has 2 saturated carbocycles. The fourth-order valence-electron chi connectivity index (χ4n) is 3.61. The van der Waals surface area contributed by atoms with Gasteiger partial charge >= 0.3 is 110 Å². The van der Waals surface area contributed by atoms with Crippen molar-refractivity contribution < 1.29 is 5.11 Å². The topological polar surface area (TPSA) is 20.2 Å². The quantitative estimate of drug-likeness (QED) is 0.849. The van der Waals surface area contributed by atoms with Gasteiger partial charge in [-0.1, -0.05) is 0 Å². The second-order valence-electron chi connectivity index (χ2n) is 5.48. The first-order chi connectivity index (χ1) is 8.29. The fraction of sp³-hybridized carbons (Fsp3) is 0.600. The number of hydrogen-bond acceptors (Lipinski definition) is 1. The molecular weight excluding hydrogens is 275 g/mol. The van der Waals surface area contributed by atoms with E-state index in [-0.39, 0.29) is 5.60 Å². The molecule has 0 radical (unpaired) electrons. The summed E-state index contributed by atoms with van der Waals surface area (Å²) in [6.45, 7) is 0. The number of benzene rings is 1. The van der Waals surface area contributed by atoms with Gasteiger partial charge in [-0.2, -0.15) is 0 Å². The normalized spacial score (nSPS) is 36.1. The molecule has 1 unspecified atom stereocenters. The molecule has 0 saturated heterocycles. The van der Waals surface area contributed by atoms with Gasteiger partial charge in [-0.15, -0.1) is 0 Å². The maximum atomic E-state index is 10.8. The zero-order valence-electron chi connectivity index (χ0n) is 10.1. The van der Waals surface area contributed by atoms with Crippen LogP contribution in [0.25, 0.3) is 0 Å². The molecular formula is C15H20OSe. The molecule has 0 heterocycles. The summed E-state index contributed by atoms with van der Waals surface area (Å²) in [4.78, 5) is 0. The molecule has 1 aromatic carbocycles. The van der Waals surface area contributed by atoms with E-state index in [1.807, 2.05) is 0 Å². The summed E-state index contributed by atoms with van der Waals surface area (Å²) in [5.74, 6) is 1.20. The molecule has 0 aliphatic heterocycles. The first-order valence-electron chi connectivity index (χ1n) is 6.69. The number of hydrogen-bond donors (Lipinski definition) is 1. The minimum absolute atomic E-state index is 0.281. The average molecular weight is 295 g/mol. The van der Waals surface area contributed by atoms with Crippen LogP contribution in [0, 0.1) is 11.8 Å². The molecule has 0 spiro atoms. The zero-order chi connectivity index (χ0) is 11.7. The van der Waals surface area contributed by atoms with Crippen molar-refractivity contribution in [3.05, 3.63) is 30.3 Å². The third-order valence-electron chi connectivity index (χ3n) is 4.60. The average Bonchev–Trinajstić information content (AvgIpc) is 2.85. The summed E-state index contributed by atoms with van der Waals surface area (Å²) in [5.41, 5.74) is -0.281. The van der Waals surface area contributed by atoms with Gasteiger partial charge in [0.25, 0.3) is 0 Å². The second kappa shape index (κ2) is 4.76. The van der Waals surface area contributed by atoms with Crippen molar-refractivity contribution in [3.63, 3.8) is 0 Å². The van der Waals surface area contributed by atoms with E-state index in [9.17, 15) is 5.11 Å². The Morgan fingerprint density at radius 2 is 2.00 bits per heavy atom. The van der Waals surface area contributed by atoms with Crippen molar-refractivity contribution in [2.45, 2.75) is 43.0 Å². The summed E-state index contributed by atoms with van der Waals surface area (Å²) in [6, 6.07) is 10.8. The Morgan fingerprint density at radius 1 is 1.18 bits per heavy atom. The first kappa shape index (κ1) is 11.8. The van der Waals surface area contributed by atoms with Gasteiger partial charge < -0.3 is 0 Å². The molecule has 3 rings (SSSR count). The third-order valence-corrected chi connectivity index (χ3v) is 7.07. The van der Waals surface area contributed by atoms with Crippen LogP contribution in [-0.4, -0.2) is 25.7 Å². The van der Waals surface area contributed by atoms with E-state index in [0.717, 1.165) is 6.42 Å². The van der Waals surface area contributed by atoms with Gasteiger partial charge in [0, 0.05) is 0 Å². The van der Waals surface area contributed by atoms with Crippen LogP contribution in [0.5, 0.6) is 0 Å². The molecule has 0 amide bonds. The number of aliphatic hydroxyl groups is 1. The summed E-state index contributed by atoms with van der Waals surface area (Å²) in [7, 11) is 0. The Labute approximate surface area is 110 Å². The predicted octanol–water partition coefficient (Wildman–Crippen LogP) is 2.38. The van der Waals surface area contributed by atoms with Crippen LogP contribution in [-0.2, 0) is 0 Å². The molecule has 92 valence electrons. The SMILES string of the molecule is O[C@]12CCCC1CC[C@H]2C[Se]c1ccccc1. The van der Waals surface area contributed by atoms with Crippen LogP contribution in [0.2, 0.25) is 5.32 Å². The molecule has 1 aromatic rings. The second-order valence-corrected chi connectivity index (χ2v) is 7.77. The van der Waals surface area contributed by atoms with Gasteiger partial charge in [0.15, 0.2) is 0 Å². The Hall–Kier alpha value is -0.301. The van der Waals surface area contributed by atoms with Crippen LogP contribution < -0.4 is 4.46 Å². The van der Waals surface area contributed by atoms with Crippen LogP contribution in [0.4, 0.5) is 0 Å².